The van der Waals surface area contributed by atoms with E-state index in [-0.39, 0.29) is 60.3 Å². The second kappa shape index (κ2) is 24.3. The molecule has 13 unspecified atom stereocenters. The van der Waals surface area contributed by atoms with E-state index < -0.39 is 59.8 Å². The third kappa shape index (κ3) is 13.5. The summed E-state index contributed by atoms with van der Waals surface area (Å²) in [6.07, 6.45) is 11.9. The molecule has 65 heavy (non-hydrogen) atoms. The van der Waals surface area contributed by atoms with E-state index in [1.54, 1.807) is 40.4 Å². The molecule has 3 heterocycles. The Bertz CT molecular complexity index is 1850. The number of amides is 1. The number of benzene rings is 1. The monoisotopic (exact) mass is 907 g/mol. The fourth-order valence-corrected chi connectivity index (χ4v) is 10.7. The Hall–Kier alpha value is -3.75. The summed E-state index contributed by atoms with van der Waals surface area (Å²) in [5.41, 5.74) is 3.07. The molecule has 1 aromatic carbocycles. The minimum atomic E-state index is -2.47. The highest BCUT2D eigenvalue weighted by Crippen LogP contribution is 2.39. The van der Waals surface area contributed by atoms with E-state index in [0.717, 1.165) is 48.8 Å². The molecule has 2 saturated heterocycles. The number of rotatable bonds is 10. The molecule has 2 bridgehead atoms. The van der Waals surface area contributed by atoms with Crippen molar-refractivity contribution in [2.24, 2.45) is 34.6 Å². The largest absolute Gasteiger partial charge is 0.508 e. The lowest BCUT2D eigenvalue weighted by molar-refractivity contribution is -0.302. The SMILES string of the molecule is CCC1C=C(C)CC(C)CC(OC)C2OC(O)(C(=O)C(=O)N3CCCCC3C(=O)OC(C(C)=CC3CCC(N=CCCc4ccc(O)cc4)C(OC)C3)C(C)CCC1=O)C(C)CC2OC. The van der Waals surface area contributed by atoms with Crippen LogP contribution in [0.4, 0.5) is 0 Å². The van der Waals surface area contributed by atoms with Gasteiger partial charge in [0.2, 0.25) is 5.79 Å². The van der Waals surface area contributed by atoms with Crippen LogP contribution in [0.25, 0.3) is 0 Å². The number of fused-ring (bicyclic) bond motifs is 3. The van der Waals surface area contributed by atoms with Crippen LogP contribution in [0.3, 0.4) is 0 Å². The van der Waals surface area contributed by atoms with Crippen molar-refractivity contribution >= 4 is 29.7 Å². The molecule has 13 atom stereocenters. The predicted molar refractivity (Wildman–Crippen MR) is 249 cm³/mol. The fourth-order valence-electron chi connectivity index (χ4n) is 10.7. The molecule has 3 fully saturated rings. The first-order valence-corrected chi connectivity index (χ1v) is 24.3. The Morgan fingerprint density at radius 2 is 1.62 bits per heavy atom. The number of piperidine rings is 1. The van der Waals surface area contributed by atoms with Crippen LogP contribution in [0, 0.1) is 29.6 Å². The number of carbonyl (C=O) groups is 4. The quantitative estimate of drug-likeness (QED) is 0.101. The first kappa shape index (κ1) is 52.2. The second-order valence-corrected chi connectivity index (χ2v) is 19.6. The van der Waals surface area contributed by atoms with Crippen molar-refractivity contribution < 1.29 is 53.1 Å². The van der Waals surface area contributed by atoms with Gasteiger partial charge in [-0.3, -0.25) is 19.4 Å². The summed E-state index contributed by atoms with van der Waals surface area (Å²) in [5.74, 6) is -5.90. The number of cyclic esters (lactones) is 1. The normalized spacial score (nSPS) is 35.6. The number of aromatic hydroxyl groups is 1. The molecule has 13 heteroatoms. The summed E-state index contributed by atoms with van der Waals surface area (Å²) >= 11 is 0. The molecule has 0 spiro atoms. The van der Waals surface area contributed by atoms with Crippen LogP contribution in [0.5, 0.6) is 5.75 Å². The molecule has 1 amide bonds. The van der Waals surface area contributed by atoms with E-state index in [9.17, 15) is 29.4 Å². The highest BCUT2D eigenvalue weighted by atomic mass is 16.7. The first-order valence-electron chi connectivity index (χ1n) is 24.3. The average Bonchev–Trinajstić information content (AvgIpc) is 3.30. The topological polar surface area (TPSA) is 170 Å². The second-order valence-electron chi connectivity index (χ2n) is 19.6. The van der Waals surface area contributed by atoms with Crippen molar-refractivity contribution in [1.82, 2.24) is 4.90 Å². The average molecular weight is 907 g/mol. The van der Waals surface area contributed by atoms with Crippen LogP contribution >= 0.6 is 0 Å². The number of phenols is 1. The zero-order chi connectivity index (χ0) is 47.4. The molecule has 1 aromatic rings. The fraction of sp³-hybridized carbons (Fsp3) is 0.712. The summed E-state index contributed by atoms with van der Waals surface area (Å²) in [6, 6.07) is 6.19. The Balaban J connectivity index is 1.42. The highest BCUT2D eigenvalue weighted by molar-refractivity contribution is 6.39. The molecule has 4 aliphatic rings. The lowest BCUT2D eigenvalue weighted by atomic mass is 9.81. The number of aliphatic imine (C=N–C) groups is 1. The lowest BCUT2D eigenvalue weighted by Crippen LogP contribution is -2.64. The van der Waals surface area contributed by atoms with Crippen LogP contribution in [0.1, 0.15) is 131 Å². The van der Waals surface area contributed by atoms with E-state index in [4.69, 9.17) is 28.7 Å². The first-order chi connectivity index (χ1) is 31.0. The van der Waals surface area contributed by atoms with Crippen molar-refractivity contribution in [1.29, 1.82) is 0 Å². The maximum atomic E-state index is 14.5. The predicted octanol–water partition coefficient (Wildman–Crippen LogP) is 7.92. The van der Waals surface area contributed by atoms with Gasteiger partial charge in [0.1, 0.15) is 29.8 Å². The summed E-state index contributed by atoms with van der Waals surface area (Å²) in [5, 5.41) is 21.7. The number of aryl methyl sites for hydroxylation is 1. The van der Waals surface area contributed by atoms with Gasteiger partial charge in [0, 0.05) is 46.1 Å². The number of phenolic OH excluding ortho intramolecular Hbond substituents is 1. The number of esters is 1. The van der Waals surface area contributed by atoms with Crippen molar-refractivity contribution in [3.8, 4) is 5.75 Å². The number of aliphatic hydroxyl groups is 1. The van der Waals surface area contributed by atoms with Gasteiger partial charge >= 0.3 is 5.97 Å². The van der Waals surface area contributed by atoms with E-state index in [2.05, 4.69) is 19.1 Å². The van der Waals surface area contributed by atoms with Crippen LogP contribution in [0.15, 0.2) is 52.6 Å². The number of nitrogens with zero attached hydrogens (tertiary/aromatic N) is 2. The maximum absolute atomic E-state index is 14.5. The van der Waals surface area contributed by atoms with Crippen LogP contribution in [-0.2, 0) is 49.3 Å². The summed E-state index contributed by atoms with van der Waals surface area (Å²) in [7, 11) is 4.83. The van der Waals surface area contributed by atoms with E-state index in [1.165, 1.54) is 4.90 Å². The number of allylic oxidation sites excluding steroid dienone is 3. The Kier molecular flexibility index (Phi) is 19.5. The van der Waals surface area contributed by atoms with Gasteiger partial charge in [-0.05, 0) is 145 Å². The van der Waals surface area contributed by atoms with E-state index in [0.29, 0.717) is 51.4 Å². The molecule has 362 valence electrons. The van der Waals surface area contributed by atoms with Gasteiger partial charge in [-0.15, -0.1) is 0 Å². The molecule has 13 nitrogen and oxygen atoms in total. The molecular weight excluding hydrogens is 829 g/mol. The van der Waals surface area contributed by atoms with Crippen LogP contribution < -0.4 is 0 Å². The van der Waals surface area contributed by atoms with E-state index >= 15 is 0 Å². The summed E-state index contributed by atoms with van der Waals surface area (Å²) in [6.45, 7) is 11.9. The van der Waals surface area contributed by atoms with Crippen molar-refractivity contribution in [3.05, 3.63) is 53.1 Å². The Labute approximate surface area is 387 Å². The van der Waals surface area contributed by atoms with Gasteiger partial charge in [-0.2, -0.15) is 0 Å². The number of hydrogen-bond acceptors (Lipinski definition) is 12. The van der Waals surface area contributed by atoms with Gasteiger partial charge < -0.3 is 38.8 Å². The Morgan fingerprint density at radius 3 is 2.29 bits per heavy atom. The molecule has 1 saturated carbocycles. The van der Waals surface area contributed by atoms with Gasteiger partial charge in [0.05, 0.1) is 24.4 Å². The van der Waals surface area contributed by atoms with Gasteiger partial charge in [-0.25, -0.2) is 4.79 Å². The molecule has 5 rings (SSSR count). The zero-order valence-corrected chi connectivity index (χ0v) is 40.5. The van der Waals surface area contributed by atoms with Gasteiger partial charge in [-0.1, -0.05) is 57.6 Å². The minimum absolute atomic E-state index is 0.0143. The third-order valence-electron chi connectivity index (χ3n) is 14.6. The molecule has 0 radical (unpaired) electrons. The lowest BCUT2D eigenvalue weighted by Gasteiger charge is -2.47. The number of methoxy groups -OCH3 is 3. The van der Waals surface area contributed by atoms with E-state index in [1.807, 2.05) is 46.0 Å². The third-order valence-corrected chi connectivity index (χ3v) is 14.6. The Morgan fingerprint density at radius 1 is 0.923 bits per heavy atom. The van der Waals surface area contributed by atoms with Crippen molar-refractivity contribution in [2.75, 3.05) is 27.9 Å². The number of ketones is 2. The van der Waals surface area contributed by atoms with Gasteiger partial charge in [0.25, 0.3) is 11.7 Å². The smallest absolute Gasteiger partial charge is 0.329 e. The number of Topliss-reactive ketones (excluding diaryl/α,β-unsaturated/α-hetero) is 2. The summed E-state index contributed by atoms with van der Waals surface area (Å²) < 4.78 is 30.6. The maximum Gasteiger partial charge on any atom is 0.329 e. The number of ether oxygens (including phenoxy) is 5. The summed E-state index contributed by atoms with van der Waals surface area (Å²) in [4.78, 5) is 63.3. The molecule has 1 aliphatic carbocycles. The number of carbonyl (C=O) groups excluding carboxylic acids is 4. The van der Waals surface area contributed by atoms with Crippen molar-refractivity contribution in [2.45, 2.75) is 180 Å². The van der Waals surface area contributed by atoms with Crippen LogP contribution in [0.2, 0.25) is 0 Å². The standard InChI is InChI=1S/C52H78N2O11/c1-10-39-27-32(2)26-33(3)28-45(62-8)48-46(63-9)30-36(6)52(60,65-48)49(57)50(58)54-25-12-11-15-42(54)51(59)64-47(34(4)16-23-43(39)56)35(5)29-38-19-22-41(44(31-38)61-7)53-24-13-14-37-17-20-40(55)21-18-37/h17-18,20-21,24,27,29,33-34,36,38-39,41-42,44-48,55,60H,10-16,19,22-23,25-26,28,30-31H2,1-9H3. The molecule has 2 N–H and O–H groups in total. The van der Waals surface area contributed by atoms with Crippen molar-refractivity contribution in [3.63, 3.8) is 0 Å². The van der Waals surface area contributed by atoms with Crippen LogP contribution in [-0.4, -0.2) is 121 Å². The highest BCUT2D eigenvalue weighted by Gasteiger charge is 2.56. The molecular formula is C52H78N2O11. The minimum Gasteiger partial charge on any atom is -0.508 e. The zero-order valence-electron chi connectivity index (χ0n) is 40.5. The molecule has 0 aromatic heterocycles. The number of hydrogen-bond donors (Lipinski definition) is 2. The molecule has 3 aliphatic heterocycles. The van der Waals surface area contributed by atoms with Gasteiger partial charge in [0.15, 0.2) is 0 Å².